The topological polar surface area (TPSA) is 81.4 Å². The fourth-order valence-corrected chi connectivity index (χ4v) is 4.27. The molecule has 0 bridgehead atoms. The molecule has 2 fully saturated rings. The van der Waals surface area contributed by atoms with Crippen molar-refractivity contribution in [3.63, 3.8) is 0 Å². The molecule has 0 aliphatic heterocycles. The van der Waals surface area contributed by atoms with E-state index in [0.717, 1.165) is 19.6 Å². The molecule has 3 N–H and O–H groups in total. The first kappa shape index (κ1) is 15.2. The Kier molecular flexibility index (Phi) is 4.87. The lowest BCUT2D eigenvalue weighted by Crippen LogP contribution is -2.62. The minimum Gasteiger partial charge on any atom is -0.378 e. The Morgan fingerprint density at radius 3 is 2.63 bits per heavy atom. The summed E-state index contributed by atoms with van der Waals surface area (Å²) in [5.41, 5.74) is 0.317. The van der Waals surface area contributed by atoms with Crippen molar-refractivity contribution < 1.29 is 13.2 Å². The zero-order valence-corrected chi connectivity index (χ0v) is 12.5. The Morgan fingerprint density at radius 2 is 2.05 bits per heavy atom. The van der Waals surface area contributed by atoms with Gasteiger partial charge in [-0.1, -0.05) is 12.8 Å². The van der Waals surface area contributed by atoms with Crippen LogP contribution < -0.4 is 10.5 Å². The van der Waals surface area contributed by atoms with Crippen LogP contribution in [0.25, 0.3) is 0 Å². The quantitative estimate of drug-likeness (QED) is 0.685. The molecule has 0 heterocycles. The third-order valence-electron chi connectivity index (χ3n) is 4.68. The normalized spacial score (nSPS) is 29.6. The van der Waals surface area contributed by atoms with Gasteiger partial charge in [0.2, 0.25) is 10.0 Å². The van der Waals surface area contributed by atoms with Crippen molar-refractivity contribution in [2.45, 2.75) is 57.6 Å². The minimum absolute atomic E-state index is 0.0641. The van der Waals surface area contributed by atoms with E-state index in [4.69, 9.17) is 9.88 Å². The van der Waals surface area contributed by atoms with Crippen LogP contribution in [-0.2, 0) is 14.8 Å². The summed E-state index contributed by atoms with van der Waals surface area (Å²) in [4.78, 5) is 0. The Morgan fingerprint density at radius 1 is 1.37 bits per heavy atom. The number of nitrogens with one attached hydrogen (secondary N) is 1. The zero-order chi connectivity index (χ0) is 13.9. The molecule has 112 valence electrons. The van der Waals surface area contributed by atoms with Gasteiger partial charge in [-0.15, -0.1) is 0 Å². The summed E-state index contributed by atoms with van der Waals surface area (Å²) in [6.45, 7) is 3.56. The van der Waals surface area contributed by atoms with Gasteiger partial charge >= 0.3 is 0 Å². The van der Waals surface area contributed by atoms with Gasteiger partial charge in [-0.3, -0.25) is 0 Å². The summed E-state index contributed by atoms with van der Waals surface area (Å²) in [5.74, 6) is 0.0641. The molecular formula is C13H26N2O3S. The number of ether oxygens (including phenoxy) is 1. The van der Waals surface area contributed by atoms with Crippen molar-refractivity contribution >= 4 is 10.0 Å². The lowest BCUT2D eigenvalue weighted by molar-refractivity contribution is -0.130. The molecule has 2 rings (SSSR count). The van der Waals surface area contributed by atoms with Crippen molar-refractivity contribution in [3.05, 3.63) is 0 Å². The SMILES string of the molecule is CCOC1CC(NCCCS(N)(=O)=O)C12CCCC2. The van der Waals surface area contributed by atoms with Crippen LogP contribution in [0.4, 0.5) is 0 Å². The maximum Gasteiger partial charge on any atom is 0.209 e. The van der Waals surface area contributed by atoms with Gasteiger partial charge in [0.25, 0.3) is 0 Å². The van der Waals surface area contributed by atoms with E-state index < -0.39 is 10.0 Å². The van der Waals surface area contributed by atoms with Crippen LogP contribution in [0.5, 0.6) is 0 Å². The molecule has 19 heavy (non-hydrogen) atoms. The number of nitrogens with two attached hydrogens (primary N) is 1. The van der Waals surface area contributed by atoms with E-state index in [0.29, 0.717) is 24.0 Å². The smallest absolute Gasteiger partial charge is 0.209 e. The molecule has 2 aliphatic carbocycles. The third-order valence-corrected chi connectivity index (χ3v) is 5.54. The van der Waals surface area contributed by atoms with Crippen LogP contribution in [0, 0.1) is 5.41 Å². The number of rotatable bonds is 7. The van der Waals surface area contributed by atoms with Gasteiger partial charge in [0, 0.05) is 18.1 Å². The van der Waals surface area contributed by atoms with Crippen molar-refractivity contribution in [1.29, 1.82) is 0 Å². The van der Waals surface area contributed by atoms with E-state index in [9.17, 15) is 8.42 Å². The number of primary sulfonamides is 1. The Hall–Kier alpha value is -0.170. The van der Waals surface area contributed by atoms with Gasteiger partial charge in [0.1, 0.15) is 0 Å². The number of sulfonamides is 1. The Labute approximate surface area is 116 Å². The highest BCUT2D eigenvalue weighted by Gasteiger charge is 2.56. The second-order valence-electron chi connectivity index (χ2n) is 5.85. The van der Waals surface area contributed by atoms with Crippen molar-refractivity contribution in [1.82, 2.24) is 5.32 Å². The lowest BCUT2D eigenvalue weighted by atomic mass is 9.60. The summed E-state index contributed by atoms with van der Waals surface area (Å²) < 4.78 is 27.6. The maximum absolute atomic E-state index is 10.9. The van der Waals surface area contributed by atoms with Crippen LogP contribution in [0.15, 0.2) is 0 Å². The van der Waals surface area contributed by atoms with Crippen molar-refractivity contribution in [2.75, 3.05) is 18.9 Å². The molecular weight excluding hydrogens is 264 g/mol. The van der Waals surface area contributed by atoms with E-state index in [2.05, 4.69) is 12.2 Å². The molecule has 2 aliphatic rings. The average Bonchev–Trinajstić information content (AvgIpc) is 2.82. The highest BCUT2D eigenvalue weighted by Crippen LogP contribution is 2.54. The standard InChI is InChI=1S/C13H26N2O3S/c1-2-18-12-10-11(13(12)6-3-4-7-13)15-8-5-9-19(14,16)17/h11-12,15H,2-10H2,1H3,(H2,14,16,17). The average molecular weight is 290 g/mol. The van der Waals surface area contributed by atoms with Gasteiger partial charge in [0.15, 0.2) is 0 Å². The molecule has 0 amide bonds. The Balaban J connectivity index is 1.78. The summed E-state index contributed by atoms with van der Waals surface area (Å²) in [6, 6.07) is 0.493. The first-order valence-electron chi connectivity index (χ1n) is 7.33. The fourth-order valence-electron chi connectivity index (χ4n) is 3.72. The minimum atomic E-state index is -3.32. The first-order chi connectivity index (χ1) is 8.98. The third kappa shape index (κ3) is 3.48. The van der Waals surface area contributed by atoms with Crippen LogP contribution >= 0.6 is 0 Å². The Bertz CT molecular complexity index is 391. The van der Waals surface area contributed by atoms with Gasteiger partial charge in [-0.2, -0.15) is 0 Å². The second-order valence-corrected chi connectivity index (χ2v) is 7.58. The summed E-state index contributed by atoms with van der Waals surface area (Å²) in [6.07, 6.45) is 7.11. The molecule has 6 heteroatoms. The number of hydrogen-bond acceptors (Lipinski definition) is 4. The monoisotopic (exact) mass is 290 g/mol. The molecule has 2 saturated carbocycles. The second kappa shape index (κ2) is 6.08. The van der Waals surface area contributed by atoms with Crippen LogP contribution in [-0.4, -0.2) is 39.5 Å². The molecule has 0 saturated heterocycles. The molecule has 2 atom stereocenters. The first-order valence-corrected chi connectivity index (χ1v) is 9.05. The predicted octanol–water partition coefficient (Wildman–Crippen LogP) is 0.992. The van der Waals surface area contributed by atoms with Crippen LogP contribution in [0.1, 0.15) is 45.4 Å². The van der Waals surface area contributed by atoms with Gasteiger partial charge < -0.3 is 10.1 Å². The van der Waals surface area contributed by atoms with E-state index in [-0.39, 0.29) is 5.75 Å². The summed E-state index contributed by atoms with van der Waals surface area (Å²) in [7, 11) is -3.32. The molecule has 5 nitrogen and oxygen atoms in total. The van der Waals surface area contributed by atoms with E-state index in [1.165, 1.54) is 25.7 Å². The van der Waals surface area contributed by atoms with Crippen LogP contribution in [0.3, 0.4) is 0 Å². The highest BCUT2D eigenvalue weighted by molar-refractivity contribution is 7.89. The largest absolute Gasteiger partial charge is 0.378 e. The molecule has 1 spiro atoms. The van der Waals surface area contributed by atoms with Crippen LogP contribution in [0.2, 0.25) is 0 Å². The summed E-state index contributed by atoms with van der Waals surface area (Å²) >= 11 is 0. The van der Waals surface area contributed by atoms with Gasteiger partial charge in [0.05, 0.1) is 11.9 Å². The predicted molar refractivity (Wildman–Crippen MR) is 75.3 cm³/mol. The highest BCUT2D eigenvalue weighted by atomic mass is 32.2. The molecule has 0 aromatic carbocycles. The summed E-state index contributed by atoms with van der Waals surface area (Å²) in [5, 5.41) is 8.51. The lowest BCUT2D eigenvalue weighted by Gasteiger charge is -2.54. The maximum atomic E-state index is 10.9. The molecule has 0 aromatic rings. The molecule has 0 radical (unpaired) electrons. The van der Waals surface area contributed by atoms with Crippen molar-refractivity contribution in [3.8, 4) is 0 Å². The molecule has 0 aromatic heterocycles. The number of hydrogen-bond donors (Lipinski definition) is 2. The zero-order valence-electron chi connectivity index (χ0n) is 11.7. The molecule has 2 unspecified atom stereocenters. The van der Waals surface area contributed by atoms with Gasteiger partial charge in [-0.25, -0.2) is 13.6 Å². The van der Waals surface area contributed by atoms with Crippen molar-refractivity contribution in [2.24, 2.45) is 10.6 Å². The van der Waals surface area contributed by atoms with Gasteiger partial charge in [-0.05, 0) is 39.2 Å². The van der Waals surface area contributed by atoms with E-state index >= 15 is 0 Å². The van der Waals surface area contributed by atoms with E-state index in [1.54, 1.807) is 0 Å². The fraction of sp³-hybridized carbons (Fsp3) is 1.00. The van der Waals surface area contributed by atoms with E-state index in [1.807, 2.05) is 0 Å².